The van der Waals surface area contributed by atoms with E-state index >= 15 is 0 Å². The first-order chi connectivity index (χ1) is 9.12. The number of carbonyl (C=O) groups is 1. The van der Waals surface area contributed by atoms with Crippen molar-refractivity contribution in [1.29, 1.82) is 0 Å². The zero-order valence-corrected chi connectivity index (χ0v) is 11.7. The normalized spacial score (nSPS) is 11.8. The second-order valence-electron chi connectivity index (χ2n) is 4.24. The molecule has 1 unspecified atom stereocenters. The molecular weight excluding hydrogens is 244 g/mol. The van der Waals surface area contributed by atoms with Gasteiger partial charge < -0.3 is 20.5 Å². The van der Waals surface area contributed by atoms with E-state index in [9.17, 15) is 4.79 Å². The Morgan fingerprint density at radius 1 is 1.42 bits per heavy atom. The van der Waals surface area contributed by atoms with E-state index in [1.54, 1.807) is 26.2 Å². The van der Waals surface area contributed by atoms with E-state index in [-0.39, 0.29) is 5.91 Å². The second kappa shape index (κ2) is 7.63. The van der Waals surface area contributed by atoms with E-state index < -0.39 is 6.10 Å². The first-order valence-electron chi connectivity index (χ1n) is 6.43. The minimum atomic E-state index is -0.575. The van der Waals surface area contributed by atoms with Crippen LogP contribution in [-0.2, 0) is 11.3 Å². The van der Waals surface area contributed by atoms with Crippen LogP contribution in [-0.4, -0.2) is 25.7 Å². The molecule has 0 radical (unpaired) electrons. The van der Waals surface area contributed by atoms with E-state index in [2.05, 4.69) is 5.32 Å². The molecule has 1 amide bonds. The maximum Gasteiger partial charge on any atom is 0.260 e. The van der Waals surface area contributed by atoms with Gasteiger partial charge in [0.1, 0.15) is 0 Å². The number of ether oxygens (including phenoxy) is 2. The molecule has 0 heterocycles. The van der Waals surface area contributed by atoms with E-state index in [1.807, 2.05) is 13.0 Å². The minimum absolute atomic E-state index is 0.137. The van der Waals surface area contributed by atoms with Crippen LogP contribution in [0, 0.1) is 0 Å². The number of amides is 1. The average molecular weight is 266 g/mol. The van der Waals surface area contributed by atoms with Crippen LogP contribution >= 0.6 is 0 Å². The lowest BCUT2D eigenvalue weighted by Gasteiger charge is -2.17. The van der Waals surface area contributed by atoms with Gasteiger partial charge in [-0.25, -0.2) is 0 Å². The average Bonchev–Trinajstić information content (AvgIpc) is 2.44. The Kier molecular flexibility index (Phi) is 6.15. The Morgan fingerprint density at radius 3 is 2.74 bits per heavy atom. The van der Waals surface area contributed by atoms with Crippen LogP contribution in [0.15, 0.2) is 18.2 Å². The van der Waals surface area contributed by atoms with Crippen LogP contribution in [0.4, 0.5) is 0 Å². The van der Waals surface area contributed by atoms with Gasteiger partial charge >= 0.3 is 0 Å². The number of methoxy groups -OCH3 is 1. The van der Waals surface area contributed by atoms with Crippen molar-refractivity contribution in [2.75, 3.05) is 13.7 Å². The third kappa shape index (κ3) is 4.44. The Labute approximate surface area is 114 Å². The van der Waals surface area contributed by atoms with E-state index in [0.717, 1.165) is 12.0 Å². The Morgan fingerprint density at radius 2 is 2.16 bits per heavy atom. The molecule has 0 aromatic heterocycles. The van der Waals surface area contributed by atoms with Gasteiger partial charge in [0.15, 0.2) is 17.6 Å². The van der Waals surface area contributed by atoms with E-state index in [1.165, 1.54) is 0 Å². The van der Waals surface area contributed by atoms with Gasteiger partial charge in [0.05, 0.1) is 7.11 Å². The van der Waals surface area contributed by atoms with Crippen molar-refractivity contribution in [3.63, 3.8) is 0 Å². The summed E-state index contributed by atoms with van der Waals surface area (Å²) in [6, 6.07) is 5.45. The van der Waals surface area contributed by atoms with Crippen LogP contribution in [0.1, 0.15) is 25.8 Å². The summed E-state index contributed by atoms with van der Waals surface area (Å²) < 4.78 is 10.9. The molecular formula is C14H22N2O3. The van der Waals surface area contributed by atoms with Crippen molar-refractivity contribution in [3.05, 3.63) is 23.8 Å². The van der Waals surface area contributed by atoms with E-state index in [4.69, 9.17) is 15.2 Å². The molecule has 3 N–H and O–H groups in total. The summed E-state index contributed by atoms with van der Waals surface area (Å²) in [4.78, 5) is 11.8. The van der Waals surface area contributed by atoms with Crippen LogP contribution in [0.3, 0.4) is 0 Å². The number of carbonyl (C=O) groups excluding carboxylic acids is 1. The van der Waals surface area contributed by atoms with Crippen molar-refractivity contribution >= 4 is 5.91 Å². The third-order valence-electron chi connectivity index (χ3n) is 2.69. The molecule has 1 atom stereocenters. The molecule has 0 saturated heterocycles. The number of nitrogens with two attached hydrogens (primary N) is 1. The highest BCUT2D eigenvalue weighted by atomic mass is 16.5. The van der Waals surface area contributed by atoms with Crippen LogP contribution < -0.4 is 20.5 Å². The highest BCUT2D eigenvalue weighted by Gasteiger charge is 2.16. The summed E-state index contributed by atoms with van der Waals surface area (Å²) in [7, 11) is 1.56. The van der Waals surface area contributed by atoms with Crippen molar-refractivity contribution in [1.82, 2.24) is 5.32 Å². The van der Waals surface area contributed by atoms with Gasteiger partial charge in [-0.2, -0.15) is 0 Å². The summed E-state index contributed by atoms with van der Waals surface area (Å²) in [5.74, 6) is 0.985. The molecule has 0 bridgehead atoms. The summed E-state index contributed by atoms with van der Waals surface area (Å²) in [5.41, 5.74) is 6.52. The number of hydrogen-bond donors (Lipinski definition) is 2. The lowest BCUT2D eigenvalue weighted by atomic mass is 10.2. The van der Waals surface area contributed by atoms with Gasteiger partial charge in [0, 0.05) is 13.1 Å². The monoisotopic (exact) mass is 266 g/mol. The zero-order chi connectivity index (χ0) is 14.3. The Bertz CT molecular complexity index is 421. The van der Waals surface area contributed by atoms with Gasteiger partial charge in [-0.3, -0.25) is 4.79 Å². The molecule has 0 saturated carbocycles. The molecule has 1 aromatic carbocycles. The van der Waals surface area contributed by atoms with Gasteiger partial charge in [-0.1, -0.05) is 13.0 Å². The highest BCUT2D eigenvalue weighted by molar-refractivity contribution is 5.80. The predicted molar refractivity (Wildman–Crippen MR) is 74.3 cm³/mol. The Balaban J connectivity index is 2.76. The van der Waals surface area contributed by atoms with Gasteiger partial charge in [-0.05, 0) is 31.0 Å². The number of nitrogens with one attached hydrogen (secondary N) is 1. The van der Waals surface area contributed by atoms with Gasteiger partial charge in [0.2, 0.25) is 0 Å². The maximum absolute atomic E-state index is 11.8. The van der Waals surface area contributed by atoms with Crippen molar-refractivity contribution < 1.29 is 14.3 Å². The molecule has 19 heavy (non-hydrogen) atoms. The largest absolute Gasteiger partial charge is 0.493 e. The summed E-state index contributed by atoms with van der Waals surface area (Å²) >= 11 is 0. The van der Waals surface area contributed by atoms with Crippen molar-refractivity contribution in [2.24, 2.45) is 5.73 Å². The first kappa shape index (κ1) is 15.3. The quantitative estimate of drug-likeness (QED) is 0.783. The molecule has 106 valence electrons. The number of rotatable bonds is 7. The molecule has 5 heteroatoms. The fraction of sp³-hybridized carbons (Fsp3) is 0.500. The molecule has 0 aliphatic heterocycles. The smallest absolute Gasteiger partial charge is 0.260 e. The second-order valence-corrected chi connectivity index (χ2v) is 4.24. The molecule has 0 spiro atoms. The zero-order valence-electron chi connectivity index (χ0n) is 11.7. The fourth-order valence-electron chi connectivity index (χ4n) is 1.58. The first-order valence-corrected chi connectivity index (χ1v) is 6.43. The molecule has 1 rings (SSSR count). The van der Waals surface area contributed by atoms with Gasteiger partial charge in [-0.15, -0.1) is 0 Å². The SMILES string of the molecule is CCCNC(=O)C(C)Oc1cc(CN)ccc1OC. The van der Waals surface area contributed by atoms with Gasteiger partial charge in [0.25, 0.3) is 5.91 Å². The lowest BCUT2D eigenvalue weighted by molar-refractivity contribution is -0.127. The fourth-order valence-corrected chi connectivity index (χ4v) is 1.58. The molecule has 0 aliphatic rings. The van der Waals surface area contributed by atoms with Crippen molar-refractivity contribution in [2.45, 2.75) is 32.9 Å². The summed E-state index contributed by atoms with van der Waals surface area (Å²) in [5, 5.41) is 2.79. The third-order valence-corrected chi connectivity index (χ3v) is 2.69. The summed E-state index contributed by atoms with van der Waals surface area (Å²) in [6.45, 7) is 4.77. The number of benzene rings is 1. The number of hydrogen-bond acceptors (Lipinski definition) is 4. The maximum atomic E-state index is 11.8. The van der Waals surface area contributed by atoms with Crippen molar-refractivity contribution in [3.8, 4) is 11.5 Å². The lowest BCUT2D eigenvalue weighted by Crippen LogP contribution is -2.36. The Hall–Kier alpha value is -1.75. The van der Waals surface area contributed by atoms with Crippen LogP contribution in [0.25, 0.3) is 0 Å². The molecule has 5 nitrogen and oxygen atoms in total. The van der Waals surface area contributed by atoms with Crippen LogP contribution in [0.2, 0.25) is 0 Å². The predicted octanol–water partition coefficient (Wildman–Crippen LogP) is 1.45. The standard InChI is InChI=1S/C14H22N2O3/c1-4-7-16-14(17)10(2)19-13-8-11(9-15)5-6-12(13)18-3/h5-6,8,10H,4,7,9,15H2,1-3H3,(H,16,17). The minimum Gasteiger partial charge on any atom is -0.493 e. The topological polar surface area (TPSA) is 73.6 Å². The molecule has 1 aromatic rings. The highest BCUT2D eigenvalue weighted by Crippen LogP contribution is 2.28. The summed E-state index contributed by atoms with van der Waals surface area (Å²) in [6.07, 6.45) is 0.318. The molecule has 0 fully saturated rings. The molecule has 0 aliphatic carbocycles. The van der Waals surface area contributed by atoms with Crippen LogP contribution in [0.5, 0.6) is 11.5 Å². The van der Waals surface area contributed by atoms with E-state index in [0.29, 0.717) is 24.6 Å².